The molecule has 2 amide bonds. The van der Waals surface area contributed by atoms with Crippen LogP contribution in [0.1, 0.15) is 25.8 Å². The highest BCUT2D eigenvalue weighted by molar-refractivity contribution is 7.92. The maximum absolute atomic E-state index is 14.0. The van der Waals surface area contributed by atoms with Gasteiger partial charge in [0.15, 0.2) is 0 Å². The van der Waals surface area contributed by atoms with E-state index in [2.05, 4.69) is 5.32 Å². The van der Waals surface area contributed by atoms with Gasteiger partial charge in [0.1, 0.15) is 24.1 Å². The normalized spacial score (nSPS) is 11.8. The van der Waals surface area contributed by atoms with Crippen LogP contribution in [0.4, 0.5) is 5.69 Å². The zero-order valence-corrected chi connectivity index (χ0v) is 24.2. The lowest BCUT2D eigenvalue weighted by molar-refractivity contribution is -0.139. The van der Waals surface area contributed by atoms with Crippen molar-refractivity contribution in [2.75, 3.05) is 38.2 Å². The van der Waals surface area contributed by atoms with Crippen LogP contribution < -0.4 is 19.1 Å². The Hall–Kier alpha value is -4.05. The number of nitrogens with one attached hydrogen (secondary N) is 1. The molecule has 40 heavy (non-hydrogen) atoms. The molecule has 0 spiro atoms. The molecule has 0 aliphatic rings. The van der Waals surface area contributed by atoms with E-state index in [1.165, 1.54) is 31.3 Å². The number of nitrogens with zero attached hydrogens (tertiary/aromatic N) is 2. The molecule has 0 radical (unpaired) electrons. The molecule has 3 aromatic rings. The van der Waals surface area contributed by atoms with Crippen molar-refractivity contribution in [1.29, 1.82) is 0 Å². The van der Waals surface area contributed by atoms with Crippen molar-refractivity contribution >= 4 is 27.5 Å². The van der Waals surface area contributed by atoms with E-state index in [-0.39, 0.29) is 23.0 Å². The fourth-order valence-corrected chi connectivity index (χ4v) is 5.84. The summed E-state index contributed by atoms with van der Waals surface area (Å²) in [6.07, 6.45) is 0.870. The second-order valence-corrected chi connectivity index (χ2v) is 10.9. The van der Waals surface area contributed by atoms with Crippen LogP contribution in [0.3, 0.4) is 0 Å². The molecule has 0 bridgehead atoms. The monoisotopic (exact) mass is 567 g/mol. The van der Waals surface area contributed by atoms with Crippen LogP contribution >= 0.6 is 0 Å². The smallest absolute Gasteiger partial charge is 0.264 e. The molecular formula is C30H37N3O6S. The number of carbonyl (C=O) groups is 2. The zero-order chi connectivity index (χ0) is 29.1. The van der Waals surface area contributed by atoms with Gasteiger partial charge >= 0.3 is 0 Å². The highest BCUT2D eigenvalue weighted by atomic mass is 32.2. The molecule has 0 fully saturated rings. The predicted molar refractivity (Wildman–Crippen MR) is 155 cm³/mol. The minimum atomic E-state index is -4.22. The van der Waals surface area contributed by atoms with Gasteiger partial charge in [0.2, 0.25) is 11.8 Å². The summed E-state index contributed by atoms with van der Waals surface area (Å²) in [4.78, 5) is 28.5. The van der Waals surface area contributed by atoms with E-state index in [0.717, 1.165) is 9.87 Å². The fraction of sp³-hybridized carbons (Fsp3) is 0.333. The SMILES string of the molecule is CCNC(=O)[C@@H](CC)N(CCc1ccccc1)C(=O)CN(c1ccccc1OC)S(=O)(=O)c1ccc(OC)cc1. The van der Waals surface area contributed by atoms with Crippen molar-refractivity contribution in [2.24, 2.45) is 0 Å². The molecule has 0 aromatic heterocycles. The molecule has 0 aliphatic carbocycles. The first-order valence-electron chi connectivity index (χ1n) is 13.2. The first-order chi connectivity index (χ1) is 19.3. The Kier molecular flexibility index (Phi) is 11.0. The van der Waals surface area contributed by atoms with Crippen LogP contribution in [0, 0.1) is 0 Å². The van der Waals surface area contributed by atoms with Gasteiger partial charge in [-0.3, -0.25) is 13.9 Å². The standard InChI is InChI=1S/C30H37N3O6S/c1-5-26(30(35)31-6-2)32(21-20-23-12-8-7-9-13-23)29(34)22-33(27-14-10-11-15-28(27)39-4)40(36,37)25-18-16-24(38-3)17-19-25/h7-19,26H,5-6,20-22H2,1-4H3,(H,31,35)/t26-/m1/s1. The number of methoxy groups -OCH3 is 2. The van der Waals surface area contributed by atoms with Gasteiger partial charge in [-0.15, -0.1) is 0 Å². The van der Waals surface area contributed by atoms with Gasteiger partial charge in [0.05, 0.1) is 24.8 Å². The topological polar surface area (TPSA) is 105 Å². The third-order valence-electron chi connectivity index (χ3n) is 6.50. The van der Waals surface area contributed by atoms with Crippen LogP contribution in [0.25, 0.3) is 0 Å². The number of hydrogen-bond acceptors (Lipinski definition) is 6. The molecule has 0 saturated heterocycles. The molecule has 10 heteroatoms. The molecule has 9 nitrogen and oxygen atoms in total. The minimum Gasteiger partial charge on any atom is -0.497 e. The molecule has 1 N–H and O–H groups in total. The van der Waals surface area contributed by atoms with Gasteiger partial charge in [-0.2, -0.15) is 0 Å². The largest absolute Gasteiger partial charge is 0.497 e. The van der Waals surface area contributed by atoms with Gasteiger partial charge in [-0.1, -0.05) is 49.4 Å². The quantitative estimate of drug-likeness (QED) is 0.317. The highest BCUT2D eigenvalue weighted by Gasteiger charge is 2.34. The van der Waals surface area contributed by atoms with Crippen LogP contribution in [-0.4, -0.2) is 65.0 Å². The van der Waals surface area contributed by atoms with Crippen molar-refractivity contribution in [3.63, 3.8) is 0 Å². The van der Waals surface area contributed by atoms with E-state index in [1.807, 2.05) is 44.2 Å². The van der Waals surface area contributed by atoms with E-state index in [0.29, 0.717) is 30.9 Å². The van der Waals surface area contributed by atoms with Gasteiger partial charge in [0.25, 0.3) is 10.0 Å². The zero-order valence-electron chi connectivity index (χ0n) is 23.4. The van der Waals surface area contributed by atoms with Crippen molar-refractivity contribution in [3.8, 4) is 11.5 Å². The maximum Gasteiger partial charge on any atom is 0.264 e. The van der Waals surface area contributed by atoms with E-state index in [1.54, 1.807) is 36.4 Å². The molecule has 0 unspecified atom stereocenters. The molecule has 3 rings (SSSR count). The number of ether oxygens (including phenoxy) is 2. The number of hydrogen-bond donors (Lipinski definition) is 1. The van der Waals surface area contributed by atoms with Crippen molar-refractivity contribution in [2.45, 2.75) is 37.6 Å². The maximum atomic E-state index is 14.0. The molecule has 0 aliphatic heterocycles. The lowest BCUT2D eigenvalue weighted by Crippen LogP contribution is -2.53. The number of likely N-dealkylation sites (N-methyl/N-ethyl adjacent to an activating group) is 1. The third kappa shape index (κ3) is 7.32. The first-order valence-corrected chi connectivity index (χ1v) is 14.6. The average molecular weight is 568 g/mol. The number of para-hydroxylation sites is 2. The summed E-state index contributed by atoms with van der Waals surface area (Å²) in [5, 5.41) is 2.80. The second-order valence-electron chi connectivity index (χ2n) is 9.00. The number of rotatable bonds is 14. The Bertz CT molecular complexity index is 1360. The third-order valence-corrected chi connectivity index (χ3v) is 8.28. The first kappa shape index (κ1) is 30.5. The van der Waals surface area contributed by atoms with Crippen LogP contribution in [0.15, 0.2) is 83.8 Å². The molecule has 1 atom stereocenters. The van der Waals surface area contributed by atoms with Gasteiger partial charge in [0, 0.05) is 13.1 Å². The van der Waals surface area contributed by atoms with E-state index < -0.39 is 28.5 Å². The molecule has 0 saturated carbocycles. The summed E-state index contributed by atoms with van der Waals surface area (Å²) in [7, 11) is -1.29. The number of benzene rings is 3. The van der Waals surface area contributed by atoms with E-state index in [4.69, 9.17) is 9.47 Å². The van der Waals surface area contributed by atoms with Gasteiger partial charge < -0.3 is 19.7 Å². The van der Waals surface area contributed by atoms with Gasteiger partial charge in [-0.05, 0) is 61.7 Å². The van der Waals surface area contributed by atoms with Crippen molar-refractivity contribution in [3.05, 3.63) is 84.4 Å². The molecule has 3 aromatic carbocycles. The lowest BCUT2D eigenvalue weighted by atomic mass is 10.1. The Labute approximate surface area is 236 Å². The number of anilines is 1. The van der Waals surface area contributed by atoms with Crippen molar-refractivity contribution in [1.82, 2.24) is 10.2 Å². The van der Waals surface area contributed by atoms with E-state index >= 15 is 0 Å². The number of sulfonamides is 1. The summed E-state index contributed by atoms with van der Waals surface area (Å²) in [6.45, 7) is 3.76. The average Bonchev–Trinajstić information content (AvgIpc) is 2.98. The Morgan fingerprint density at radius 1 is 0.875 bits per heavy atom. The lowest BCUT2D eigenvalue weighted by Gasteiger charge is -2.33. The minimum absolute atomic E-state index is 0.0152. The number of amides is 2. The van der Waals surface area contributed by atoms with Crippen LogP contribution in [0.2, 0.25) is 0 Å². The summed E-state index contributed by atoms with van der Waals surface area (Å²) >= 11 is 0. The number of carbonyl (C=O) groups excluding carboxylic acids is 2. The Morgan fingerprint density at radius 3 is 2.12 bits per heavy atom. The van der Waals surface area contributed by atoms with Crippen LogP contribution in [-0.2, 0) is 26.0 Å². The van der Waals surface area contributed by atoms with E-state index in [9.17, 15) is 18.0 Å². The second kappa shape index (κ2) is 14.4. The predicted octanol–water partition coefficient (Wildman–Crippen LogP) is 3.89. The molecule has 0 heterocycles. The summed E-state index contributed by atoms with van der Waals surface area (Å²) in [6, 6.07) is 21.4. The summed E-state index contributed by atoms with van der Waals surface area (Å²) < 4.78 is 39.7. The fourth-order valence-electron chi connectivity index (χ4n) is 4.41. The highest BCUT2D eigenvalue weighted by Crippen LogP contribution is 2.33. The van der Waals surface area contributed by atoms with Crippen LogP contribution in [0.5, 0.6) is 11.5 Å². The van der Waals surface area contributed by atoms with Crippen molar-refractivity contribution < 1.29 is 27.5 Å². The van der Waals surface area contributed by atoms with Gasteiger partial charge in [-0.25, -0.2) is 8.42 Å². The Morgan fingerprint density at radius 2 is 1.52 bits per heavy atom. The molecule has 214 valence electrons. The summed E-state index contributed by atoms with van der Waals surface area (Å²) in [5.41, 5.74) is 1.21. The Balaban J connectivity index is 2.04. The molecular weight excluding hydrogens is 530 g/mol. The summed E-state index contributed by atoms with van der Waals surface area (Å²) in [5.74, 6) is 0.00274.